The molecular weight excluding hydrogens is 260 g/mol. The molecular formula is C15H22O5. The molecule has 1 aliphatic heterocycles. The number of hydrogen-bond acceptors (Lipinski definition) is 5. The summed E-state index contributed by atoms with van der Waals surface area (Å²) in [4.78, 5) is 0. The van der Waals surface area contributed by atoms with Gasteiger partial charge in [-0.1, -0.05) is 0 Å². The predicted octanol–water partition coefficient (Wildman–Crippen LogP) is 2.46. The number of fused-ring (bicyclic) bond motifs is 1. The Morgan fingerprint density at radius 2 is 1.65 bits per heavy atom. The van der Waals surface area contributed by atoms with E-state index in [9.17, 15) is 0 Å². The molecule has 0 spiro atoms. The minimum atomic E-state index is -1.14. The minimum Gasteiger partial charge on any atom is -0.493 e. The van der Waals surface area contributed by atoms with Crippen LogP contribution in [-0.4, -0.2) is 34.0 Å². The molecule has 1 aromatic rings. The molecule has 0 atom stereocenters. The van der Waals surface area contributed by atoms with Crippen molar-refractivity contribution in [1.82, 2.24) is 0 Å². The number of ether oxygens (including phenoxy) is 5. The molecule has 0 radical (unpaired) electrons. The van der Waals surface area contributed by atoms with E-state index in [1.54, 1.807) is 14.2 Å². The Hall–Kier alpha value is -1.30. The van der Waals surface area contributed by atoms with Crippen LogP contribution in [0.4, 0.5) is 0 Å². The van der Waals surface area contributed by atoms with Gasteiger partial charge in [-0.25, -0.2) is 0 Å². The highest BCUT2D eigenvalue weighted by Crippen LogP contribution is 2.41. The SMILES string of the molecule is CCOC1(OCC)OCCc2cc(OC)c(OC)cc21. The fraction of sp³-hybridized carbons (Fsp3) is 0.600. The average molecular weight is 282 g/mol. The standard InChI is InChI=1S/C15H22O5/c1-5-18-15(19-6-2)12-10-14(17-4)13(16-3)9-11(12)7-8-20-15/h9-10H,5-8H2,1-4H3. The van der Waals surface area contributed by atoms with E-state index in [1.165, 1.54) is 0 Å². The summed E-state index contributed by atoms with van der Waals surface area (Å²) in [6.45, 7) is 5.36. The molecule has 20 heavy (non-hydrogen) atoms. The summed E-state index contributed by atoms with van der Waals surface area (Å²) in [5.41, 5.74) is 1.95. The first-order valence-corrected chi connectivity index (χ1v) is 6.88. The van der Waals surface area contributed by atoms with E-state index in [2.05, 4.69) is 0 Å². The lowest BCUT2D eigenvalue weighted by Crippen LogP contribution is -2.41. The lowest BCUT2D eigenvalue weighted by molar-refractivity contribution is -0.395. The molecule has 0 aliphatic carbocycles. The Morgan fingerprint density at radius 3 is 2.20 bits per heavy atom. The van der Waals surface area contributed by atoms with E-state index in [1.807, 2.05) is 26.0 Å². The van der Waals surface area contributed by atoms with E-state index in [-0.39, 0.29) is 0 Å². The highest BCUT2D eigenvalue weighted by atomic mass is 16.9. The lowest BCUT2D eigenvalue weighted by Gasteiger charge is -2.37. The quantitative estimate of drug-likeness (QED) is 0.750. The fourth-order valence-corrected chi connectivity index (χ4v) is 2.45. The molecule has 0 fully saturated rings. The van der Waals surface area contributed by atoms with Crippen molar-refractivity contribution in [3.05, 3.63) is 23.3 Å². The van der Waals surface area contributed by atoms with Gasteiger partial charge in [-0.05, 0) is 38.0 Å². The Bertz CT molecular complexity index is 452. The summed E-state index contributed by atoms with van der Waals surface area (Å²) in [5, 5.41) is 0. The molecule has 0 unspecified atom stereocenters. The van der Waals surface area contributed by atoms with Gasteiger partial charge in [0.15, 0.2) is 11.5 Å². The Kier molecular flexibility index (Phi) is 4.86. The van der Waals surface area contributed by atoms with Gasteiger partial charge in [0, 0.05) is 18.8 Å². The van der Waals surface area contributed by atoms with Crippen LogP contribution in [0.3, 0.4) is 0 Å². The topological polar surface area (TPSA) is 46.2 Å². The van der Waals surface area contributed by atoms with Crippen LogP contribution in [0.2, 0.25) is 0 Å². The second kappa shape index (κ2) is 6.43. The van der Waals surface area contributed by atoms with Crippen molar-refractivity contribution in [3.8, 4) is 11.5 Å². The van der Waals surface area contributed by atoms with E-state index >= 15 is 0 Å². The smallest absolute Gasteiger partial charge is 0.312 e. The molecule has 112 valence electrons. The van der Waals surface area contributed by atoms with Crippen LogP contribution in [0, 0.1) is 0 Å². The molecule has 0 saturated carbocycles. The first-order chi connectivity index (χ1) is 9.70. The van der Waals surface area contributed by atoms with E-state index in [0.717, 1.165) is 17.5 Å². The number of rotatable bonds is 6. The maximum Gasteiger partial charge on any atom is 0.312 e. The molecule has 5 nitrogen and oxygen atoms in total. The third-order valence-electron chi connectivity index (χ3n) is 3.27. The van der Waals surface area contributed by atoms with Crippen molar-refractivity contribution >= 4 is 0 Å². The largest absolute Gasteiger partial charge is 0.493 e. The zero-order valence-electron chi connectivity index (χ0n) is 12.5. The van der Waals surface area contributed by atoms with Crippen LogP contribution >= 0.6 is 0 Å². The monoisotopic (exact) mass is 282 g/mol. The van der Waals surface area contributed by atoms with Gasteiger partial charge in [-0.2, -0.15) is 0 Å². The maximum absolute atomic E-state index is 5.81. The fourth-order valence-electron chi connectivity index (χ4n) is 2.45. The summed E-state index contributed by atoms with van der Waals surface area (Å²) in [5.74, 6) is 0.201. The second-order valence-corrected chi connectivity index (χ2v) is 4.39. The molecule has 0 bridgehead atoms. The number of methoxy groups -OCH3 is 2. The molecule has 5 heteroatoms. The van der Waals surface area contributed by atoms with Crippen LogP contribution < -0.4 is 9.47 Å². The highest BCUT2D eigenvalue weighted by Gasteiger charge is 2.41. The number of hydrogen-bond donors (Lipinski definition) is 0. The van der Waals surface area contributed by atoms with Gasteiger partial charge < -0.3 is 23.7 Å². The molecule has 2 rings (SSSR count). The molecule has 0 aromatic heterocycles. The Balaban J connectivity index is 2.52. The third-order valence-corrected chi connectivity index (χ3v) is 3.27. The predicted molar refractivity (Wildman–Crippen MR) is 74.1 cm³/mol. The summed E-state index contributed by atoms with van der Waals surface area (Å²) in [6, 6.07) is 3.84. The Labute approximate surface area is 119 Å². The van der Waals surface area contributed by atoms with Crippen molar-refractivity contribution in [2.24, 2.45) is 0 Å². The van der Waals surface area contributed by atoms with Gasteiger partial charge in [0.1, 0.15) is 0 Å². The highest BCUT2D eigenvalue weighted by molar-refractivity contribution is 5.49. The van der Waals surface area contributed by atoms with Gasteiger partial charge in [0.25, 0.3) is 0 Å². The van der Waals surface area contributed by atoms with Crippen molar-refractivity contribution in [2.75, 3.05) is 34.0 Å². The van der Waals surface area contributed by atoms with Gasteiger partial charge in [-0.3, -0.25) is 0 Å². The lowest BCUT2D eigenvalue weighted by atomic mass is 9.99. The van der Waals surface area contributed by atoms with Gasteiger partial charge in [0.2, 0.25) is 0 Å². The van der Waals surface area contributed by atoms with Gasteiger partial charge >= 0.3 is 5.97 Å². The average Bonchev–Trinajstić information content (AvgIpc) is 2.47. The second-order valence-electron chi connectivity index (χ2n) is 4.39. The first kappa shape index (κ1) is 15.1. The normalized spacial score (nSPS) is 16.6. The van der Waals surface area contributed by atoms with Gasteiger partial charge in [0.05, 0.1) is 20.8 Å². The van der Waals surface area contributed by atoms with E-state index < -0.39 is 5.97 Å². The van der Waals surface area contributed by atoms with Crippen LogP contribution in [0.15, 0.2) is 12.1 Å². The first-order valence-electron chi connectivity index (χ1n) is 6.88. The summed E-state index contributed by atoms with van der Waals surface area (Å²) in [7, 11) is 3.23. The van der Waals surface area contributed by atoms with E-state index in [4.69, 9.17) is 23.7 Å². The Morgan fingerprint density at radius 1 is 1.05 bits per heavy atom. The van der Waals surface area contributed by atoms with Crippen LogP contribution in [-0.2, 0) is 26.6 Å². The molecule has 1 aliphatic rings. The third kappa shape index (κ3) is 2.61. The number of benzene rings is 1. The van der Waals surface area contributed by atoms with Crippen LogP contribution in [0.5, 0.6) is 11.5 Å². The zero-order valence-corrected chi connectivity index (χ0v) is 12.5. The molecule has 1 heterocycles. The molecule has 0 saturated heterocycles. The van der Waals surface area contributed by atoms with Crippen molar-refractivity contribution in [2.45, 2.75) is 26.2 Å². The van der Waals surface area contributed by atoms with E-state index in [0.29, 0.717) is 31.3 Å². The van der Waals surface area contributed by atoms with Gasteiger partial charge in [-0.15, -0.1) is 0 Å². The summed E-state index contributed by atoms with van der Waals surface area (Å²) < 4.78 is 28.0. The van der Waals surface area contributed by atoms with Crippen molar-refractivity contribution in [1.29, 1.82) is 0 Å². The maximum atomic E-state index is 5.81. The van der Waals surface area contributed by atoms with Crippen molar-refractivity contribution < 1.29 is 23.7 Å². The summed E-state index contributed by atoms with van der Waals surface area (Å²) in [6.07, 6.45) is 0.789. The molecule has 0 amide bonds. The molecule has 0 N–H and O–H groups in total. The van der Waals surface area contributed by atoms with Crippen molar-refractivity contribution in [3.63, 3.8) is 0 Å². The zero-order chi connectivity index (χ0) is 14.6. The molecule has 1 aromatic carbocycles. The van der Waals surface area contributed by atoms with Crippen LogP contribution in [0.25, 0.3) is 0 Å². The minimum absolute atomic E-state index is 0.494. The summed E-state index contributed by atoms with van der Waals surface area (Å²) >= 11 is 0. The van der Waals surface area contributed by atoms with Crippen LogP contribution in [0.1, 0.15) is 25.0 Å².